The smallest absolute Gasteiger partial charge is 0.261 e. The van der Waals surface area contributed by atoms with Crippen LogP contribution in [0.15, 0.2) is 46.9 Å². The third kappa shape index (κ3) is 7.72. The number of carbonyl (C=O) groups is 2. The van der Waals surface area contributed by atoms with Gasteiger partial charge in [-0.3, -0.25) is 9.59 Å². The van der Waals surface area contributed by atoms with Crippen LogP contribution in [0.4, 0.5) is 0 Å². The van der Waals surface area contributed by atoms with Crippen molar-refractivity contribution in [1.29, 1.82) is 0 Å². The highest BCUT2D eigenvalue weighted by Crippen LogP contribution is 2.27. The van der Waals surface area contributed by atoms with Gasteiger partial charge in [-0.05, 0) is 77.0 Å². The van der Waals surface area contributed by atoms with Crippen molar-refractivity contribution in [3.05, 3.63) is 58.1 Å². The molecule has 1 unspecified atom stereocenters. The van der Waals surface area contributed by atoms with Crippen molar-refractivity contribution in [2.75, 3.05) is 13.7 Å². The van der Waals surface area contributed by atoms with E-state index in [1.54, 1.807) is 12.0 Å². The highest BCUT2D eigenvalue weighted by atomic mass is 79.9. The van der Waals surface area contributed by atoms with Crippen LogP contribution >= 0.6 is 15.9 Å². The van der Waals surface area contributed by atoms with E-state index >= 15 is 0 Å². The minimum atomic E-state index is -0.568. The average molecular weight is 546 g/mol. The van der Waals surface area contributed by atoms with Crippen molar-refractivity contribution in [3.63, 3.8) is 0 Å². The molecule has 2 aromatic carbocycles. The van der Waals surface area contributed by atoms with Gasteiger partial charge in [-0.1, -0.05) is 51.3 Å². The fourth-order valence-corrected chi connectivity index (χ4v) is 5.04. The van der Waals surface area contributed by atoms with E-state index < -0.39 is 6.04 Å². The number of methoxy groups -OCH3 is 1. The van der Waals surface area contributed by atoms with Crippen molar-refractivity contribution in [2.24, 2.45) is 0 Å². The molecule has 7 heteroatoms. The highest BCUT2D eigenvalue weighted by Gasteiger charge is 2.30. The number of halogens is 1. The van der Waals surface area contributed by atoms with Crippen LogP contribution in [-0.2, 0) is 22.6 Å². The van der Waals surface area contributed by atoms with Crippen LogP contribution in [0, 0.1) is 0 Å². The van der Waals surface area contributed by atoms with Crippen molar-refractivity contribution < 1.29 is 19.1 Å². The zero-order chi connectivity index (χ0) is 25.2. The minimum absolute atomic E-state index is 0.0882. The molecule has 3 rings (SSSR count). The van der Waals surface area contributed by atoms with Crippen LogP contribution in [0.2, 0.25) is 0 Å². The molecule has 0 bridgehead atoms. The van der Waals surface area contributed by atoms with Crippen LogP contribution < -0.4 is 14.8 Å². The van der Waals surface area contributed by atoms with Gasteiger partial charge in [-0.2, -0.15) is 0 Å². The monoisotopic (exact) mass is 544 g/mol. The maximum Gasteiger partial charge on any atom is 0.261 e. The van der Waals surface area contributed by atoms with Gasteiger partial charge in [0, 0.05) is 12.6 Å². The van der Waals surface area contributed by atoms with Crippen molar-refractivity contribution in [3.8, 4) is 11.5 Å². The number of ether oxygens (including phenoxy) is 2. The fourth-order valence-electron chi connectivity index (χ4n) is 4.50. The molecule has 1 N–H and O–H groups in total. The van der Waals surface area contributed by atoms with Gasteiger partial charge >= 0.3 is 0 Å². The molecule has 1 fully saturated rings. The molecule has 6 nitrogen and oxygen atoms in total. The third-order valence-corrected chi connectivity index (χ3v) is 7.22. The summed E-state index contributed by atoms with van der Waals surface area (Å²) in [4.78, 5) is 28.4. The van der Waals surface area contributed by atoms with E-state index in [1.165, 1.54) is 12.0 Å². The number of benzene rings is 2. The summed E-state index contributed by atoms with van der Waals surface area (Å²) in [5, 5.41) is 3.20. The number of rotatable bonds is 11. The van der Waals surface area contributed by atoms with E-state index in [1.807, 2.05) is 49.4 Å². The van der Waals surface area contributed by atoms with Gasteiger partial charge in [-0.15, -0.1) is 0 Å². The number of hydrogen-bond donors (Lipinski definition) is 1. The number of nitrogens with one attached hydrogen (secondary N) is 1. The lowest BCUT2D eigenvalue weighted by Crippen LogP contribution is -2.52. The lowest BCUT2D eigenvalue weighted by molar-refractivity contribution is -0.143. The van der Waals surface area contributed by atoms with E-state index in [-0.39, 0.29) is 24.5 Å². The molecule has 0 heterocycles. The Morgan fingerprint density at radius 2 is 1.74 bits per heavy atom. The number of carbonyl (C=O) groups excluding carboxylic acids is 2. The van der Waals surface area contributed by atoms with Gasteiger partial charge in [-0.25, -0.2) is 0 Å². The molecule has 0 aromatic heterocycles. The average Bonchev–Trinajstić information content (AvgIpc) is 2.88. The summed E-state index contributed by atoms with van der Waals surface area (Å²) < 4.78 is 12.0. The van der Waals surface area contributed by atoms with E-state index in [9.17, 15) is 9.59 Å². The van der Waals surface area contributed by atoms with Crippen LogP contribution in [-0.4, -0.2) is 42.5 Å². The molecule has 1 aliphatic rings. The second kappa shape index (κ2) is 13.5. The summed E-state index contributed by atoms with van der Waals surface area (Å²) in [6.07, 6.45) is 6.93. The number of hydrogen-bond acceptors (Lipinski definition) is 4. The number of nitrogens with zero attached hydrogens (tertiary/aromatic N) is 1. The van der Waals surface area contributed by atoms with Gasteiger partial charge in [0.25, 0.3) is 5.91 Å². The summed E-state index contributed by atoms with van der Waals surface area (Å²) in [7, 11) is 1.62. The van der Waals surface area contributed by atoms with E-state index in [2.05, 4.69) is 28.2 Å². The van der Waals surface area contributed by atoms with Crippen LogP contribution in [0.3, 0.4) is 0 Å². The molecule has 0 radical (unpaired) electrons. The maximum atomic E-state index is 13.5. The predicted octanol–water partition coefficient (Wildman–Crippen LogP) is 5.66. The lowest BCUT2D eigenvalue weighted by atomic mass is 9.95. The van der Waals surface area contributed by atoms with Crippen LogP contribution in [0.25, 0.3) is 0 Å². The van der Waals surface area contributed by atoms with Gasteiger partial charge < -0.3 is 19.7 Å². The second-order valence-electron chi connectivity index (χ2n) is 9.04. The van der Waals surface area contributed by atoms with Gasteiger partial charge in [0.05, 0.1) is 11.6 Å². The number of amides is 2. The van der Waals surface area contributed by atoms with E-state index in [0.29, 0.717) is 18.7 Å². The first-order valence-electron chi connectivity index (χ1n) is 12.6. The minimum Gasteiger partial charge on any atom is -0.497 e. The van der Waals surface area contributed by atoms with Crippen molar-refractivity contribution in [2.45, 2.75) is 77.4 Å². The largest absolute Gasteiger partial charge is 0.497 e. The Hall–Kier alpha value is -2.54. The molecule has 190 valence electrons. The lowest BCUT2D eigenvalue weighted by Gasteiger charge is -2.32. The highest BCUT2D eigenvalue weighted by molar-refractivity contribution is 9.10. The molecular weight excluding hydrogens is 508 g/mol. The second-order valence-corrected chi connectivity index (χ2v) is 9.90. The van der Waals surface area contributed by atoms with Gasteiger partial charge in [0.2, 0.25) is 5.91 Å². The summed E-state index contributed by atoms with van der Waals surface area (Å²) in [6.45, 7) is 4.21. The quantitative estimate of drug-likeness (QED) is 0.396. The van der Waals surface area contributed by atoms with Crippen molar-refractivity contribution in [1.82, 2.24) is 10.2 Å². The van der Waals surface area contributed by atoms with E-state index in [0.717, 1.165) is 47.9 Å². The Morgan fingerprint density at radius 1 is 1.06 bits per heavy atom. The summed E-state index contributed by atoms with van der Waals surface area (Å²) in [5.41, 5.74) is 2.11. The maximum absolute atomic E-state index is 13.5. The molecule has 1 aliphatic carbocycles. The summed E-state index contributed by atoms with van der Waals surface area (Å²) >= 11 is 3.54. The van der Waals surface area contributed by atoms with Crippen LogP contribution in [0.1, 0.15) is 63.5 Å². The van der Waals surface area contributed by atoms with E-state index in [4.69, 9.17) is 9.47 Å². The Morgan fingerprint density at radius 3 is 2.34 bits per heavy atom. The fraction of sp³-hybridized carbons (Fsp3) is 0.500. The normalized spacial score (nSPS) is 14.7. The molecule has 2 aromatic rings. The Labute approximate surface area is 217 Å². The molecule has 1 atom stereocenters. The standard InChI is InChI=1S/C28H37BrN2O4/c1-4-20-13-16-26(24(29)17-20)35-19-27(32)31(18-21-11-14-23(34-3)15-12-21)25(5-2)28(33)30-22-9-7-6-8-10-22/h11-17,22,25H,4-10,18-19H2,1-3H3,(H,30,33). The van der Waals surface area contributed by atoms with Gasteiger partial charge in [0.1, 0.15) is 17.5 Å². The Kier molecular flexibility index (Phi) is 10.5. The first-order valence-corrected chi connectivity index (χ1v) is 13.4. The molecule has 0 spiro atoms. The SMILES string of the molecule is CCc1ccc(OCC(=O)N(Cc2ccc(OC)cc2)C(CC)C(=O)NC2CCCCC2)c(Br)c1. The molecule has 2 amide bonds. The predicted molar refractivity (Wildman–Crippen MR) is 142 cm³/mol. The zero-order valence-electron chi connectivity index (χ0n) is 21.0. The Bertz CT molecular complexity index is 973. The van der Waals surface area contributed by atoms with Crippen molar-refractivity contribution >= 4 is 27.7 Å². The summed E-state index contributed by atoms with van der Waals surface area (Å²) in [6, 6.07) is 13.1. The molecule has 0 aliphatic heterocycles. The third-order valence-electron chi connectivity index (χ3n) is 6.61. The number of aryl methyl sites for hydroxylation is 1. The molecular formula is C28H37BrN2O4. The molecule has 0 saturated heterocycles. The van der Waals surface area contributed by atoms with Gasteiger partial charge in [0.15, 0.2) is 6.61 Å². The zero-order valence-corrected chi connectivity index (χ0v) is 22.6. The van der Waals surface area contributed by atoms with Crippen LogP contribution in [0.5, 0.6) is 11.5 Å². The molecule has 35 heavy (non-hydrogen) atoms. The summed E-state index contributed by atoms with van der Waals surface area (Å²) in [5.74, 6) is 1.05. The topological polar surface area (TPSA) is 67.9 Å². The first kappa shape index (κ1) is 27.1. The first-order chi connectivity index (χ1) is 16.9. The molecule has 1 saturated carbocycles. The Balaban J connectivity index is 1.76.